The molecule has 0 heterocycles. The molecule has 0 N–H and O–H groups in total. The fourth-order valence-electron chi connectivity index (χ4n) is 3.08. The van der Waals surface area contributed by atoms with Crippen LogP contribution in [0.4, 0.5) is 0 Å². The third-order valence-corrected chi connectivity index (χ3v) is 5.74. The molecular formula is C17H26S. The Hall–Kier alpha value is -0.430. The summed E-state index contributed by atoms with van der Waals surface area (Å²) in [5.74, 6) is 3.87. The second-order valence-electron chi connectivity index (χ2n) is 6.16. The van der Waals surface area contributed by atoms with Crippen molar-refractivity contribution in [3.8, 4) is 0 Å². The SMILES string of the molecule is CC(C)[C@@H]1CC[C@@H](C)C[C@H]1SCc1ccccc1. The molecule has 3 atom stereocenters. The quantitative estimate of drug-likeness (QED) is 0.702. The highest BCUT2D eigenvalue weighted by Gasteiger charge is 2.30. The van der Waals surface area contributed by atoms with Gasteiger partial charge in [0.2, 0.25) is 0 Å². The predicted molar refractivity (Wildman–Crippen MR) is 82.9 cm³/mol. The van der Waals surface area contributed by atoms with E-state index in [1.165, 1.54) is 30.6 Å². The molecule has 0 bridgehead atoms. The van der Waals surface area contributed by atoms with Crippen molar-refractivity contribution in [3.63, 3.8) is 0 Å². The molecule has 1 aliphatic carbocycles. The minimum Gasteiger partial charge on any atom is -0.153 e. The Morgan fingerprint density at radius 2 is 1.89 bits per heavy atom. The summed E-state index contributed by atoms with van der Waals surface area (Å²) in [6.07, 6.45) is 4.29. The van der Waals surface area contributed by atoms with Gasteiger partial charge in [-0.1, -0.05) is 57.5 Å². The molecule has 1 aromatic rings. The van der Waals surface area contributed by atoms with Gasteiger partial charge in [-0.15, -0.1) is 0 Å². The summed E-state index contributed by atoms with van der Waals surface area (Å²) in [5, 5.41) is 0.869. The van der Waals surface area contributed by atoms with Crippen LogP contribution in [0.5, 0.6) is 0 Å². The number of thioether (sulfide) groups is 1. The van der Waals surface area contributed by atoms with Gasteiger partial charge in [0.05, 0.1) is 0 Å². The highest BCUT2D eigenvalue weighted by atomic mass is 32.2. The summed E-state index contributed by atoms with van der Waals surface area (Å²) in [6.45, 7) is 7.22. The molecule has 18 heavy (non-hydrogen) atoms. The molecular weight excluding hydrogens is 236 g/mol. The van der Waals surface area contributed by atoms with E-state index in [9.17, 15) is 0 Å². The van der Waals surface area contributed by atoms with Crippen LogP contribution in [0.1, 0.15) is 45.6 Å². The van der Waals surface area contributed by atoms with Gasteiger partial charge in [0.15, 0.2) is 0 Å². The van der Waals surface area contributed by atoms with E-state index in [1.807, 2.05) is 0 Å². The number of benzene rings is 1. The van der Waals surface area contributed by atoms with Crippen molar-refractivity contribution in [2.75, 3.05) is 0 Å². The molecule has 1 aliphatic rings. The zero-order valence-corrected chi connectivity index (χ0v) is 12.7. The van der Waals surface area contributed by atoms with Gasteiger partial charge in [0.25, 0.3) is 0 Å². The first kappa shape index (κ1) is 14.0. The lowest BCUT2D eigenvalue weighted by Crippen LogP contribution is -2.29. The highest BCUT2D eigenvalue weighted by Crippen LogP contribution is 2.41. The maximum atomic E-state index is 2.42. The van der Waals surface area contributed by atoms with Gasteiger partial charge >= 0.3 is 0 Å². The van der Waals surface area contributed by atoms with E-state index in [0.717, 1.165) is 23.0 Å². The van der Waals surface area contributed by atoms with Crippen LogP contribution < -0.4 is 0 Å². The van der Waals surface area contributed by atoms with Gasteiger partial charge in [0, 0.05) is 11.0 Å². The second kappa shape index (κ2) is 6.65. The maximum absolute atomic E-state index is 2.42. The van der Waals surface area contributed by atoms with E-state index in [-0.39, 0.29) is 0 Å². The number of hydrogen-bond donors (Lipinski definition) is 0. The summed E-state index contributed by atoms with van der Waals surface area (Å²) >= 11 is 2.19. The maximum Gasteiger partial charge on any atom is 0.0187 e. The molecule has 0 saturated heterocycles. The molecule has 0 nitrogen and oxygen atoms in total. The van der Waals surface area contributed by atoms with Crippen molar-refractivity contribution in [2.24, 2.45) is 17.8 Å². The fraction of sp³-hybridized carbons (Fsp3) is 0.647. The molecule has 0 unspecified atom stereocenters. The fourth-order valence-corrected chi connectivity index (χ4v) is 4.84. The zero-order valence-electron chi connectivity index (χ0n) is 11.9. The van der Waals surface area contributed by atoms with Crippen LogP contribution >= 0.6 is 11.8 Å². The average Bonchev–Trinajstić information content (AvgIpc) is 2.37. The van der Waals surface area contributed by atoms with Crippen molar-refractivity contribution in [1.82, 2.24) is 0 Å². The monoisotopic (exact) mass is 262 g/mol. The minimum absolute atomic E-state index is 0.839. The van der Waals surface area contributed by atoms with Gasteiger partial charge in [-0.05, 0) is 36.2 Å². The molecule has 2 rings (SSSR count). The first-order valence-corrected chi connectivity index (χ1v) is 8.37. The highest BCUT2D eigenvalue weighted by molar-refractivity contribution is 7.99. The van der Waals surface area contributed by atoms with Crippen LogP contribution in [0.2, 0.25) is 0 Å². The van der Waals surface area contributed by atoms with E-state index in [2.05, 4.69) is 62.9 Å². The molecule has 100 valence electrons. The first-order valence-electron chi connectivity index (χ1n) is 7.32. The van der Waals surface area contributed by atoms with Gasteiger partial charge < -0.3 is 0 Å². The summed E-state index contributed by atoms with van der Waals surface area (Å²) in [5.41, 5.74) is 1.48. The van der Waals surface area contributed by atoms with Crippen LogP contribution in [0.25, 0.3) is 0 Å². The Labute approximate surface area is 117 Å². The summed E-state index contributed by atoms with van der Waals surface area (Å²) in [7, 11) is 0. The summed E-state index contributed by atoms with van der Waals surface area (Å²) in [4.78, 5) is 0. The van der Waals surface area contributed by atoms with E-state index in [4.69, 9.17) is 0 Å². The Morgan fingerprint density at radius 3 is 2.56 bits per heavy atom. The summed E-state index contributed by atoms with van der Waals surface area (Å²) < 4.78 is 0. The Balaban J connectivity index is 1.92. The lowest BCUT2D eigenvalue weighted by Gasteiger charge is -2.37. The van der Waals surface area contributed by atoms with Crippen molar-refractivity contribution in [3.05, 3.63) is 35.9 Å². The lowest BCUT2D eigenvalue weighted by atomic mass is 9.77. The molecule has 0 aromatic heterocycles. The molecule has 1 fully saturated rings. The van der Waals surface area contributed by atoms with Crippen molar-refractivity contribution in [2.45, 2.75) is 51.0 Å². The van der Waals surface area contributed by atoms with E-state index in [1.54, 1.807) is 0 Å². The molecule has 0 aliphatic heterocycles. The van der Waals surface area contributed by atoms with Gasteiger partial charge in [-0.2, -0.15) is 11.8 Å². The molecule has 0 spiro atoms. The molecule has 1 saturated carbocycles. The van der Waals surface area contributed by atoms with Crippen LogP contribution in [-0.2, 0) is 5.75 Å². The van der Waals surface area contributed by atoms with Crippen LogP contribution in [0.3, 0.4) is 0 Å². The van der Waals surface area contributed by atoms with Crippen LogP contribution in [0, 0.1) is 17.8 Å². The number of rotatable bonds is 4. The second-order valence-corrected chi connectivity index (χ2v) is 7.39. The van der Waals surface area contributed by atoms with E-state index in [0.29, 0.717) is 0 Å². The Bertz CT molecular complexity index is 344. The van der Waals surface area contributed by atoms with Crippen LogP contribution in [-0.4, -0.2) is 5.25 Å². The van der Waals surface area contributed by atoms with Gasteiger partial charge in [-0.3, -0.25) is 0 Å². The third kappa shape index (κ3) is 3.78. The molecule has 0 amide bonds. The molecule has 1 aromatic carbocycles. The van der Waals surface area contributed by atoms with Crippen molar-refractivity contribution in [1.29, 1.82) is 0 Å². The Morgan fingerprint density at radius 1 is 1.17 bits per heavy atom. The summed E-state index contributed by atoms with van der Waals surface area (Å²) in [6, 6.07) is 10.9. The van der Waals surface area contributed by atoms with E-state index >= 15 is 0 Å². The minimum atomic E-state index is 0.839. The van der Waals surface area contributed by atoms with Gasteiger partial charge in [0.1, 0.15) is 0 Å². The van der Waals surface area contributed by atoms with Crippen molar-refractivity contribution >= 4 is 11.8 Å². The predicted octanol–water partition coefficient (Wildman–Crippen LogP) is 5.38. The zero-order chi connectivity index (χ0) is 13.0. The largest absolute Gasteiger partial charge is 0.153 e. The third-order valence-electron chi connectivity index (χ3n) is 4.27. The standard InChI is InChI=1S/C17H26S/c1-13(2)16-10-9-14(3)11-17(16)18-12-15-7-5-4-6-8-15/h4-8,13-14,16-17H,9-12H2,1-3H3/t14-,16+,17-/m1/s1. The Kier molecular flexibility index (Phi) is 5.17. The smallest absolute Gasteiger partial charge is 0.0187 e. The lowest BCUT2D eigenvalue weighted by molar-refractivity contribution is 0.244. The normalized spacial score (nSPS) is 28.6. The average molecular weight is 262 g/mol. The van der Waals surface area contributed by atoms with Gasteiger partial charge in [-0.25, -0.2) is 0 Å². The van der Waals surface area contributed by atoms with Crippen LogP contribution in [0.15, 0.2) is 30.3 Å². The van der Waals surface area contributed by atoms with Crippen molar-refractivity contribution < 1.29 is 0 Å². The molecule has 0 radical (unpaired) electrons. The van der Waals surface area contributed by atoms with E-state index < -0.39 is 0 Å². The molecule has 1 heteroatoms. The topological polar surface area (TPSA) is 0 Å². The first-order chi connectivity index (χ1) is 8.66. The number of hydrogen-bond acceptors (Lipinski definition) is 1.